The summed E-state index contributed by atoms with van der Waals surface area (Å²) in [5.74, 6) is 0.000384. The Morgan fingerprint density at radius 2 is 2.11 bits per heavy atom. The summed E-state index contributed by atoms with van der Waals surface area (Å²) in [6.07, 6.45) is 3.02. The standard InChI is InChI=1S/C15H21NO2/c1-11-3-4-12(2)13(9-11)14(18)16-10-15(5-6-15)7-8-17/h3-4,9,17H,5-8,10H2,1-2H3,(H,16,18). The SMILES string of the molecule is Cc1ccc(C)c(C(=O)NCC2(CCO)CC2)c1. The van der Waals surface area contributed by atoms with Gasteiger partial charge in [-0.1, -0.05) is 17.7 Å². The van der Waals surface area contributed by atoms with Crippen LogP contribution in [0.15, 0.2) is 18.2 Å². The van der Waals surface area contributed by atoms with E-state index in [2.05, 4.69) is 5.32 Å². The number of hydrogen-bond acceptors (Lipinski definition) is 2. The molecule has 0 aromatic heterocycles. The van der Waals surface area contributed by atoms with Gasteiger partial charge in [-0.15, -0.1) is 0 Å². The summed E-state index contributed by atoms with van der Waals surface area (Å²) in [7, 11) is 0. The Labute approximate surface area is 108 Å². The molecule has 1 aromatic rings. The predicted octanol–water partition coefficient (Wildman–Crippen LogP) is 2.20. The molecule has 3 heteroatoms. The molecule has 3 nitrogen and oxygen atoms in total. The molecule has 1 aliphatic carbocycles. The summed E-state index contributed by atoms with van der Waals surface area (Å²) in [6, 6.07) is 5.92. The van der Waals surface area contributed by atoms with E-state index in [4.69, 9.17) is 5.11 Å². The van der Waals surface area contributed by atoms with Crippen LogP contribution in [0.25, 0.3) is 0 Å². The van der Waals surface area contributed by atoms with Gasteiger partial charge in [-0.25, -0.2) is 0 Å². The Balaban J connectivity index is 1.98. The zero-order valence-electron chi connectivity index (χ0n) is 11.1. The van der Waals surface area contributed by atoms with Crippen LogP contribution in [0.4, 0.5) is 0 Å². The van der Waals surface area contributed by atoms with Gasteiger partial charge in [0.05, 0.1) is 0 Å². The largest absolute Gasteiger partial charge is 0.396 e. The molecule has 0 atom stereocenters. The van der Waals surface area contributed by atoms with E-state index in [1.807, 2.05) is 32.0 Å². The van der Waals surface area contributed by atoms with E-state index in [9.17, 15) is 4.79 Å². The minimum atomic E-state index is 0.000384. The normalized spacial score (nSPS) is 16.4. The molecule has 1 aromatic carbocycles. The number of benzene rings is 1. The zero-order valence-corrected chi connectivity index (χ0v) is 11.1. The summed E-state index contributed by atoms with van der Waals surface area (Å²) >= 11 is 0. The highest BCUT2D eigenvalue weighted by atomic mass is 16.3. The number of amides is 1. The topological polar surface area (TPSA) is 49.3 Å². The Kier molecular flexibility index (Phi) is 3.71. The van der Waals surface area contributed by atoms with E-state index >= 15 is 0 Å². The average molecular weight is 247 g/mol. The van der Waals surface area contributed by atoms with Crippen molar-refractivity contribution in [1.29, 1.82) is 0 Å². The molecule has 1 aliphatic rings. The first-order chi connectivity index (χ1) is 8.56. The van der Waals surface area contributed by atoms with E-state index in [1.165, 1.54) is 0 Å². The van der Waals surface area contributed by atoms with Gasteiger partial charge in [-0.3, -0.25) is 4.79 Å². The van der Waals surface area contributed by atoms with Crippen LogP contribution >= 0.6 is 0 Å². The molecule has 1 fully saturated rings. The molecule has 1 saturated carbocycles. The number of aryl methyl sites for hydroxylation is 2. The van der Waals surface area contributed by atoms with Crippen molar-refractivity contribution in [2.75, 3.05) is 13.2 Å². The monoisotopic (exact) mass is 247 g/mol. The Morgan fingerprint density at radius 1 is 1.39 bits per heavy atom. The maximum absolute atomic E-state index is 12.1. The molecule has 2 rings (SSSR count). The lowest BCUT2D eigenvalue weighted by Crippen LogP contribution is -2.31. The number of nitrogens with one attached hydrogen (secondary N) is 1. The summed E-state index contributed by atoms with van der Waals surface area (Å²) in [4.78, 5) is 12.1. The van der Waals surface area contributed by atoms with Crippen LogP contribution in [0.1, 0.15) is 40.7 Å². The molecule has 2 N–H and O–H groups in total. The Hall–Kier alpha value is -1.35. The molecule has 0 saturated heterocycles. The summed E-state index contributed by atoms with van der Waals surface area (Å²) in [5, 5.41) is 12.0. The number of aliphatic hydroxyl groups excluding tert-OH is 1. The molecule has 98 valence electrons. The van der Waals surface area contributed by atoms with Crippen LogP contribution in [0.3, 0.4) is 0 Å². The first kappa shape index (κ1) is 13.1. The van der Waals surface area contributed by atoms with Gasteiger partial charge in [0.1, 0.15) is 0 Å². The third-order valence-corrected chi connectivity index (χ3v) is 3.86. The number of aliphatic hydroxyl groups is 1. The molecule has 0 heterocycles. The van der Waals surface area contributed by atoms with Gasteiger partial charge in [-0.05, 0) is 50.2 Å². The lowest BCUT2D eigenvalue weighted by molar-refractivity contribution is 0.0940. The maximum atomic E-state index is 12.1. The fourth-order valence-electron chi connectivity index (χ4n) is 2.27. The molecular formula is C15H21NO2. The third-order valence-electron chi connectivity index (χ3n) is 3.86. The van der Waals surface area contributed by atoms with Crippen molar-refractivity contribution in [3.05, 3.63) is 34.9 Å². The van der Waals surface area contributed by atoms with Crippen LogP contribution in [0.5, 0.6) is 0 Å². The molecular weight excluding hydrogens is 226 g/mol. The smallest absolute Gasteiger partial charge is 0.251 e. The van der Waals surface area contributed by atoms with E-state index < -0.39 is 0 Å². The Bertz CT molecular complexity index is 450. The van der Waals surface area contributed by atoms with Crippen molar-refractivity contribution >= 4 is 5.91 Å². The highest BCUT2D eigenvalue weighted by molar-refractivity contribution is 5.95. The van der Waals surface area contributed by atoms with Crippen LogP contribution in [-0.2, 0) is 0 Å². The molecule has 0 aliphatic heterocycles. The molecule has 0 spiro atoms. The third kappa shape index (κ3) is 2.91. The van der Waals surface area contributed by atoms with Gasteiger partial charge in [-0.2, -0.15) is 0 Å². The van der Waals surface area contributed by atoms with E-state index in [-0.39, 0.29) is 17.9 Å². The lowest BCUT2D eigenvalue weighted by Gasteiger charge is -2.15. The Morgan fingerprint density at radius 3 is 2.72 bits per heavy atom. The second-order valence-corrected chi connectivity index (χ2v) is 5.47. The van der Waals surface area contributed by atoms with Crippen molar-refractivity contribution in [2.24, 2.45) is 5.41 Å². The summed E-state index contributed by atoms with van der Waals surface area (Å²) < 4.78 is 0. The van der Waals surface area contributed by atoms with E-state index in [0.29, 0.717) is 6.54 Å². The van der Waals surface area contributed by atoms with Crippen molar-refractivity contribution in [1.82, 2.24) is 5.32 Å². The van der Waals surface area contributed by atoms with Gasteiger partial charge >= 0.3 is 0 Å². The van der Waals surface area contributed by atoms with Crippen molar-refractivity contribution < 1.29 is 9.90 Å². The number of hydrogen-bond donors (Lipinski definition) is 2. The molecule has 18 heavy (non-hydrogen) atoms. The van der Waals surface area contributed by atoms with Gasteiger partial charge < -0.3 is 10.4 Å². The van der Waals surface area contributed by atoms with Crippen LogP contribution in [0, 0.1) is 19.3 Å². The van der Waals surface area contributed by atoms with Gasteiger partial charge in [0, 0.05) is 18.7 Å². The first-order valence-corrected chi connectivity index (χ1v) is 6.53. The number of carbonyl (C=O) groups is 1. The quantitative estimate of drug-likeness (QED) is 0.838. The van der Waals surface area contributed by atoms with Crippen LogP contribution in [0.2, 0.25) is 0 Å². The maximum Gasteiger partial charge on any atom is 0.251 e. The second kappa shape index (κ2) is 5.11. The minimum absolute atomic E-state index is 0.000384. The number of rotatable bonds is 5. The molecule has 0 radical (unpaired) electrons. The first-order valence-electron chi connectivity index (χ1n) is 6.53. The lowest BCUT2D eigenvalue weighted by atomic mass is 10.0. The fraction of sp³-hybridized carbons (Fsp3) is 0.533. The minimum Gasteiger partial charge on any atom is -0.396 e. The van der Waals surface area contributed by atoms with E-state index in [1.54, 1.807) is 0 Å². The highest BCUT2D eigenvalue weighted by Crippen LogP contribution is 2.47. The second-order valence-electron chi connectivity index (χ2n) is 5.47. The number of carbonyl (C=O) groups excluding carboxylic acids is 1. The van der Waals surface area contributed by atoms with E-state index in [0.717, 1.165) is 36.0 Å². The van der Waals surface area contributed by atoms with Gasteiger partial charge in [0.25, 0.3) is 5.91 Å². The van der Waals surface area contributed by atoms with Crippen LogP contribution < -0.4 is 5.32 Å². The van der Waals surface area contributed by atoms with Crippen molar-refractivity contribution in [3.63, 3.8) is 0 Å². The zero-order chi connectivity index (χ0) is 13.2. The average Bonchev–Trinajstić information content (AvgIpc) is 3.10. The van der Waals surface area contributed by atoms with Crippen molar-refractivity contribution in [2.45, 2.75) is 33.1 Å². The molecule has 0 bridgehead atoms. The van der Waals surface area contributed by atoms with Gasteiger partial charge in [0.15, 0.2) is 0 Å². The molecule has 1 amide bonds. The summed E-state index contributed by atoms with van der Waals surface area (Å²) in [6.45, 7) is 4.83. The van der Waals surface area contributed by atoms with Crippen molar-refractivity contribution in [3.8, 4) is 0 Å². The summed E-state index contributed by atoms with van der Waals surface area (Å²) in [5.41, 5.74) is 3.03. The highest BCUT2D eigenvalue weighted by Gasteiger charge is 2.41. The fourth-order valence-corrected chi connectivity index (χ4v) is 2.27. The predicted molar refractivity (Wildman–Crippen MR) is 71.6 cm³/mol. The van der Waals surface area contributed by atoms with Crippen LogP contribution in [-0.4, -0.2) is 24.2 Å². The van der Waals surface area contributed by atoms with Gasteiger partial charge in [0.2, 0.25) is 0 Å². The molecule has 0 unspecified atom stereocenters.